The number of halogens is 1. The summed E-state index contributed by atoms with van der Waals surface area (Å²) in [5.41, 5.74) is 0. The molecular formula is C12H21ClN4OS. The molecule has 1 amide bonds. The molecule has 19 heavy (non-hydrogen) atoms. The number of carbonyl (C=O) groups is 1. The van der Waals surface area contributed by atoms with Gasteiger partial charge in [-0.15, -0.1) is 22.6 Å². The summed E-state index contributed by atoms with van der Waals surface area (Å²) in [6, 6.07) is -0.0730. The Kier molecular flexibility index (Phi) is 6.68. The van der Waals surface area contributed by atoms with E-state index in [1.54, 1.807) is 0 Å². The summed E-state index contributed by atoms with van der Waals surface area (Å²) in [6.45, 7) is 5.21. The third kappa shape index (κ3) is 5.04. The van der Waals surface area contributed by atoms with Crippen molar-refractivity contribution < 1.29 is 4.79 Å². The molecule has 0 aliphatic carbocycles. The van der Waals surface area contributed by atoms with Crippen LogP contribution in [-0.4, -0.2) is 28.7 Å². The molecular weight excluding hydrogens is 284 g/mol. The molecule has 7 heteroatoms. The first kappa shape index (κ1) is 16.3. The van der Waals surface area contributed by atoms with Gasteiger partial charge in [0, 0.05) is 6.42 Å². The van der Waals surface area contributed by atoms with E-state index in [1.807, 2.05) is 0 Å². The number of amides is 1. The standard InChI is InChI=1S/C12H20N4OS.ClH/c1-8(2)7-10-15-16-12(18-10)14-11(17)9-5-3-4-6-13-9;/h8-9,13H,3-7H2,1-2H3,(H,14,16,17);1H/t9-;/m1./s1. The van der Waals surface area contributed by atoms with E-state index in [4.69, 9.17) is 0 Å². The van der Waals surface area contributed by atoms with Crippen LogP contribution in [0.1, 0.15) is 38.1 Å². The van der Waals surface area contributed by atoms with E-state index in [9.17, 15) is 4.79 Å². The van der Waals surface area contributed by atoms with Gasteiger partial charge in [-0.05, 0) is 25.3 Å². The van der Waals surface area contributed by atoms with E-state index in [2.05, 4.69) is 34.7 Å². The quantitative estimate of drug-likeness (QED) is 0.895. The topological polar surface area (TPSA) is 66.9 Å². The zero-order chi connectivity index (χ0) is 13.0. The molecule has 0 saturated carbocycles. The molecule has 108 valence electrons. The molecule has 0 radical (unpaired) electrons. The highest BCUT2D eigenvalue weighted by atomic mass is 35.5. The van der Waals surface area contributed by atoms with Crippen LogP contribution in [0.3, 0.4) is 0 Å². The molecule has 0 unspecified atom stereocenters. The van der Waals surface area contributed by atoms with E-state index in [1.165, 1.54) is 11.3 Å². The monoisotopic (exact) mass is 304 g/mol. The lowest BCUT2D eigenvalue weighted by Crippen LogP contribution is -2.43. The molecule has 5 nitrogen and oxygen atoms in total. The van der Waals surface area contributed by atoms with E-state index < -0.39 is 0 Å². The number of rotatable bonds is 4. The minimum Gasteiger partial charge on any atom is -0.306 e. The average Bonchev–Trinajstić information content (AvgIpc) is 2.76. The van der Waals surface area contributed by atoms with Gasteiger partial charge in [-0.2, -0.15) is 0 Å². The summed E-state index contributed by atoms with van der Waals surface area (Å²) in [4.78, 5) is 12.0. The highest BCUT2D eigenvalue weighted by molar-refractivity contribution is 7.15. The molecule has 2 rings (SSSR count). The third-order valence-electron chi connectivity index (χ3n) is 2.91. The van der Waals surface area contributed by atoms with Crippen molar-refractivity contribution in [1.29, 1.82) is 0 Å². The van der Waals surface area contributed by atoms with Gasteiger partial charge in [0.05, 0.1) is 6.04 Å². The van der Waals surface area contributed by atoms with Gasteiger partial charge >= 0.3 is 0 Å². The summed E-state index contributed by atoms with van der Waals surface area (Å²) >= 11 is 1.47. The Morgan fingerprint density at radius 3 is 2.89 bits per heavy atom. The van der Waals surface area contributed by atoms with Gasteiger partial charge in [-0.3, -0.25) is 10.1 Å². The molecule has 2 N–H and O–H groups in total. The average molecular weight is 305 g/mol. The number of nitrogens with zero attached hydrogens (tertiary/aromatic N) is 2. The molecule has 1 aliphatic rings. The first-order valence-corrected chi connectivity index (χ1v) is 7.33. The van der Waals surface area contributed by atoms with Crippen LogP contribution in [0.15, 0.2) is 0 Å². The van der Waals surface area contributed by atoms with Gasteiger partial charge in [0.2, 0.25) is 11.0 Å². The van der Waals surface area contributed by atoms with Crippen molar-refractivity contribution in [3.8, 4) is 0 Å². The summed E-state index contributed by atoms with van der Waals surface area (Å²) in [7, 11) is 0. The number of aromatic nitrogens is 2. The van der Waals surface area contributed by atoms with Crippen LogP contribution in [0.25, 0.3) is 0 Å². The Morgan fingerprint density at radius 1 is 1.47 bits per heavy atom. The second-order valence-corrected chi connectivity index (χ2v) is 6.15. The fraction of sp³-hybridized carbons (Fsp3) is 0.750. The maximum absolute atomic E-state index is 12.0. The molecule has 1 aromatic heterocycles. The van der Waals surface area contributed by atoms with E-state index in [0.717, 1.165) is 37.2 Å². The second-order valence-electron chi connectivity index (χ2n) is 5.09. The van der Waals surface area contributed by atoms with Gasteiger partial charge < -0.3 is 5.32 Å². The van der Waals surface area contributed by atoms with Gasteiger partial charge in [-0.1, -0.05) is 31.6 Å². The maximum Gasteiger partial charge on any atom is 0.243 e. The Bertz CT molecular complexity index is 404. The number of carbonyl (C=O) groups excluding carboxylic acids is 1. The van der Waals surface area contributed by atoms with Crippen molar-refractivity contribution in [3.05, 3.63) is 5.01 Å². The van der Waals surface area contributed by atoms with Crippen molar-refractivity contribution >= 4 is 34.8 Å². The SMILES string of the molecule is CC(C)Cc1nnc(NC(=O)[C@H]2CCCCN2)s1.Cl. The highest BCUT2D eigenvalue weighted by Crippen LogP contribution is 2.19. The Hall–Kier alpha value is -0.720. The zero-order valence-electron chi connectivity index (χ0n) is 11.3. The Labute approximate surface area is 124 Å². The van der Waals surface area contributed by atoms with Crippen LogP contribution in [0.5, 0.6) is 0 Å². The van der Waals surface area contributed by atoms with Crippen LogP contribution < -0.4 is 10.6 Å². The van der Waals surface area contributed by atoms with Gasteiger partial charge in [0.25, 0.3) is 0 Å². The molecule has 0 aromatic carbocycles. The van der Waals surface area contributed by atoms with Crippen molar-refractivity contribution in [2.75, 3.05) is 11.9 Å². The smallest absolute Gasteiger partial charge is 0.243 e. The van der Waals surface area contributed by atoms with Gasteiger partial charge in [-0.25, -0.2) is 0 Å². The van der Waals surface area contributed by atoms with Crippen LogP contribution in [-0.2, 0) is 11.2 Å². The van der Waals surface area contributed by atoms with E-state index in [-0.39, 0.29) is 24.4 Å². The number of anilines is 1. The molecule has 1 aliphatic heterocycles. The summed E-state index contributed by atoms with van der Waals surface area (Å²) in [5, 5.41) is 15.8. The minimum atomic E-state index is -0.0730. The molecule has 0 bridgehead atoms. The predicted molar refractivity (Wildman–Crippen MR) is 80.0 cm³/mol. The van der Waals surface area contributed by atoms with Crippen LogP contribution >= 0.6 is 23.7 Å². The Morgan fingerprint density at radius 2 is 2.26 bits per heavy atom. The summed E-state index contributed by atoms with van der Waals surface area (Å²) in [6.07, 6.45) is 4.08. The highest BCUT2D eigenvalue weighted by Gasteiger charge is 2.21. The zero-order valence-corrected chi connectivity index (χ0v) is 12.9. The molecule has 2 heterocycles. The van der Waals surface area contributed by atoms with Crippen molar-refractivity contribution in [1.82, 2.24) is 15.5 Å². The molecule has 1 aromatic rings. The molecule has 0 spiro atoms. The first-order valence-electron chi connectivity index (χ1n) is 6.52. The van der Waals surface area contributed by atoms with E-state index >= 15 is 0 Å². The van der Waals surface area contributed by atoms with Crippen LogP contribution in [0.4, 0.5) is 5.13 Å². The lowest BCUT2D eigenvalue weighted by Gasteiger charge is -2.21. The lowest BCUT2D eigenvalue weighted by atomic mass is 10.0. The normalized spacial score (nSPS) is 19.0. The molecule has 1 saturated heterocycles. The molecule has 1 atom stereocenters. The van der Waals surface area contributed by atoms with Crippen molar-refractivity contribution in [3.63, 3.8) is 0 Å². The Balaban J connectivity index is 0.00000180. The number of nitrogens with one attached hydrogen (secondary N) is 2. The molecule has 1 fully saturated rings. The number of hydrogen-bond acceptors (Lipinski definition) is 5. The fourth-order valence-electron chi connectivity index (χ4n) is 2.00. The van der Waals surface area contributed by atoms with Crippen LogP contribution in [0, 0.1) is 5.92 Å². The predicted octanol–water partition coefficient (Wildman–Crippen LogP) is 2.24. The summed E-state index contributed by atoms with van der Waals surface area (Å²) in [5.74, 6) is 0.573. The van der Waals surface area contributed by atoms with Crippen LogP contribution in [0.2, 0.25) is 0 Å². The second kappa shape index (κ2) is 7.77. The first-order chi connectivity index (χ1) is 8.65. The number of piperidine rings is 1. The maximum atomic E-state index is 12.0. The van der Waals surface area contributed by atoms with Crippen molar-refractivity contribution in [2.45, 2.75) is 45.6 Å². The summed E-state index contributed by atoms with van der Waals surface area (Å²) < 4.78 is 0. The van der Waals surface area contributed by atoms with E-state index in [0.29, 0.717) is 11.0 Å². The van der Waals surface area contributed by atoms with Crippen molar-refractivity contribution in [2.24, 2.45) is 5.92 Å². The van der Waals surface area contributed by atoms with Gasteiger partial charge in [0.15, 0.2) is 0 Å². The van der Waals surface area contributed by atoms with Gasteiger partial charge in [0.1, 0.15) is 5.01 Å². The largest absolute Gasteiger partial charge is 0.306 e. The minimum absolute atomic E-state index is 0. The number of hydrogen-bond donors (Lipinski definition) is 2. The lowest BCUT2D eigenvalue weighted by molar-refractivity contribution is -0.118. The fourth-order valence-corrected chi connectivity index (χ4v) is 2.96. The third-order valence-corrected chi connectivity index (χ3v) is 3.77.